The number of hydrazone groups is 1. The van der Waals surface area contributed by atoms with Gasteiger partial charge >= 0.3 is 0 Å². The fourth-order valence-corrected chi connectivity index (χ4v) is 1.75. The zero-order chi connectivity index (χ0) is 9.53. The Morgan fingerprint density at radius 3 is 2.23 bits per heavy atom. The van der Waals surface area contributed by atoms with Crippen LogP contribution in [-0.2, 0) is 9.47 Å². The molecule has 2 heterocycles. The van der Waals surface area contributed by atoms with Gasteiger partial charge in [0.15, 0.2) is 5.79 Å². The first-order valence-corrected chi connectivity index (χ1v) is 4.55. The maximum Gasteiger partial charge on any atom is 0.162 e. The third-order valence-corrected chi connectivity index (χ3v) is 2.69. The largest absolute Gasteiger partial charge is 0.350 e. The van der Waals surface area contributed by atoms with E-state index in [1.165, 1.54) is 0 Å². The Balaban J connectivity index is 1.89. The lowest BCUT2D eigenvalue weighted by molar-refractivity contribution is -0.305. The summed E-state index contributed by atoms with van der Waals surface area (Å²) < 4.78 is 11.2. The summed E-state index contributed by atoms with van der Waals surface area (Å²) in [6.07, 6.45) is 0. The molecule has 0 atom stereocenters. The molecule has 13 heavy (non-hydrogen) atoms. The molecule has 0 aromatic rings. The number of hydrogen-bond acceptors (Lipinski definition) is 4. The second-order valence-corrected chi connectivity index (χ2v) is 4.44. The average Bonchev–Trinajstić information content (AvgIpc) is 2.01. The summed E-state index contributed by atoms with van der Waals surface area (Å²) >= 11 is 0. The number of rotatable bonds is 1. The predicted molar refractivity (Wildman–Crippen MR) is 49.5 cm³/mol. The molecular formula is C9H16N2O2. The van der Waals surface area contributed by atoms with E-state index >= 15 is 0 Å². The van der Waals surface area contributed by atoms with Gasteiger partial charge in [-0.25, -0.2) is 0 Å². The number of nitrogens with zero attached hydrogens (tertiary/aromatic N) is 2. The molecule has 0 unspecified atom stereocenters. The molecule has 0 amide bonds. The molecule has 2 rings (SSSR count). The molecule has 0 saturated carbocycles. The van der Waals surface area contributed by atoms with E-state index in [-0.39, 0.29) is 5.41 Å². The highest BCUT2D eigenvalue weighted by molar-refractivity contribution is 5.23. The highest BCUT2D eigenvalue weighted by Gasteiger charge is 2.48. The maximum atomic E-state index is 5.60. The van der Waals surface area contributed by atoms with Crippen molar-refractivity contribution in [2.75, 3.05) is 26.3 Å². The highest BCUT2D eigenvalue weighted by Crippen LogP contribution is 2.37. The van der Waals surface area contributed by atoms with Gasteiger partial charge in [-0.1, -0.05) is 0 Å². The zero-order valence-electron chi connectivity index (χ0n) is 8.25. The van der Waals surface area contributed by atoms with E-state index < -0.39 is 5.79 Å². The van der Waals surface area contributed by atoms with Crippen LogP contribution in [0.1, 0.15) is 13.8 Å². The second-order valence-electron chi connectivity index (χ2n) is 4.44. The van der Waals surface area contributed by atoms with Crippen LogP contribution in [0.25, 0.3) is 0 Å². The normalized spacial score (nSPS) is 29.8. The Hall–Kier alpha value is -0.610. The highest BCUT2D eigenvalue weighted by atomic mass is 16.7. The second kappa shape index (κ2) is 2.69. The van der Waals surface area contributed by atoms with Crippen molar-refractivity contribution in [2.24, 2.45) is 10.5 Å². The van der Waals surface area contributed by atoms with Crippen molar-refractivity contribution in [2.45, 2.75) is 19.6 Å². The van der Waals surface area contributed by atoms with Gasteiger partial charge in [0, 0.05) is 19.8 Å². The smallest absolute Gasteiger partial charge is 0.162 e. The molecule has 2 aliphatic rings. The van der Waals surface area contributed by atoms with Crippen molar-refractivity contribution < 1.29 is 9.47 Å². The summed E-state index contributed by atoms with van der Waals surface area (Å²) in [4.78, 5) is 0. The minimum absolute atomic E-state index is 0.177. The molecule has 0 bridgehead atoms. The van der Waals surface area contributed by atoms with Gasteiger partial charge in [-0.2, -0.15) is 5.10 Å². The first kappa shape index (κ1) is 8.97. The zero-order valence-corrected chi connectivity index (χ0v) is 8.25. The first-order valence-electron chi connectivity index (χ1n) is 4.55. The molecule has 2 fully saturated rings. The Bertz CT molecular complexity index is 210. The van der Waals surface area contributed by atoms with E-state index in [0.717, 1.165) is 26.3 Å². The minimum Gasteiger partial charge on any atom is -0.350 e. The van der Waals surface area contributed by atoms with E-state index in [2.05, 4.69) is 11.8 Å². The summed E-state index contributed by atoms with van der Waals surface area (Å²) in [7, 11) is 0. The van der Waals surface area contributed by atoms with Crippen LogP contribution in [0.4, 0.5) is 0 Å². The van der Waals surface area contributed by atoms with Gasteiger partial charge in [0.1, 0.15) is 0 Å². The molecular weight excluding hydrogens is 168 g/mol. The van der Waals surface area contributed by atoms with E-state index in [4.69, 9.17) is 9.47 Å². The third kappa shape index (κ3) is 1.56. The van der Waals surface area contributed by atoms with Crippen LogP contribution in [-0.4, -0.2) is 43.8 Å². The van der Waals surface area contributed by atoms with Gasteiger partial charge in [-0.15, -0.1) is 0 Å². The van der Waals surface area contributed by atoms with Gasteiger partial charge in [-0.05, 0) is 13.8 Å². The fraction of sp³-hybridized carbons (Fsp3) is 0.889. The lowest BCUT2D eigenvalue weighted by Crippen LogP contribution is -2.62. The van der Waals surface area contributed by atoms with Gasteiger partial charge < -0.3 is 9.47 Å². The minimum atomic E-state index is -0.409. The summed E-state index contributed by atoms with van der Waals surface area (Å²) in [5.41, 5.74) is 0.177. The van der Waals surface area contributed by atoms with Crippen molar-refractivity contribution in [3.8, 4) is 0 Å². The Kier molecular flexibility index (Phi) is 1.85. The van der Waals surface area contributed by atoms with Crippen LogP contribution in [0.3, 0.4) is 0 Å². The molecule has 74 valence electrons. The Morgan fingerprint density at radius 2 is 1.77 bits per heavy atom. The van der Waals surface area contributed by atoms with Gasteiger partial charge in [0.2, 0.25) is 0 Å². The van der Waals surface area contributed by atoms with Crippen molar-refractivity contribution in [1.82, 2.24) is 5.01 Å². The standard InChI is InChI=1S/C9H16N2O2/c1-8(2)12-6-9(7-13-8)4-11(5-9)10-3/h3-7H2,1-2H3. The lowest BCUT2D eigenvalue weighted by atomic mass is 9.82. The van der Waals surface area contributed by atoms with E-state index in [9.17, 15) is 0 Å². The Morgan fingerprint density at radius 1 is 1.23 bits per heavy atom. The van der Waals surface area contributed by atoms with Crippen LogP contribution >= 0.6 is 0 Å². The molecule has 4 heteroatoms. The van der Waals surface area contributed by atoms with Crippen molar-refractivity contribution >= 4 is 6.72 Å². The van der Waals surface area contributed by atoms with E-state index in [1.54, 1.807) is 0 Å². The summed E-state index contributed by atoms with van der Waals surface area (Å²) in [6, 6.07) is 0. The van der Waals surface area contributed by atoms with E-state index in [1.807, 2.05) is 18.9 Å². The molecule has 2 aliphatic heterocycles. The topological polar surface area (TPSA) is 34.1 Å². The van der Waals surface area contributed by atoms with Crippen molar-refractivity contribution in [1.29, 1.82) is 0 Å². The Labute approximate surface area is 78.5 Å². The van der Waals surface area contributed by atoms with Gasteiger partial charge in [0.25, 0.3) is 0 Å². The molecule has 0 aromatic heterocycles. The summed E-state index contributed by atoms with van der Waals surface area (Å²) in [5, 5.41) is 5.79. The number of hydrogen-bond donors (Lipinski definition) is 0. The molecule has 0 N–H and O–H groups in total. The van der Waals surface area contributed by atoms with Gasteiger partial charge in [0.05, 0.1) is 18.6 Å². The molecule has 0 aliphatic carbocycles. The summed E-state index contributed by atoms with van der Waals surface area (Å²) in [5.74, 6) is -0.409. The molecule has 0 radical (unpaired) electrons. The molecule has 4 nitrogen and oxygen atoms in total. The summed E-state index contributed by atoms with van der Waals surface area (Å²) in [6.45, 7) is 10.7. The average molecular weight is 184 g/mol. The van der Waals surface area contributed by atoms with Gasteiger partial charge in [-0.3, -0.25) is 5.01 Å². The van der Waals surface area contributed by atoms with Crippen molar-refractivity contribution in [3.63, 3.8) is 0 Å². The molecule has 1 spiro atoms. The van der Waals surface area contributed by atoms with Crippen LogP contribution in [0.5, 0.6) is 0 Å². The van der Waals surface area contributed by atoms with Crippen LogP contribution in [0.2, 0.25) is 0 Å². The van der Waals surface area contributed by atoms with Crippen LogP contribution < -0.4 is 0 Å². The van der Waals surface area contributed by atoms with Crippen LogP contribution in [0.15, 0.2) is 5.10 Å². The fourth-order valence-electron chi connectivity index (χ4n) is 1.75. The van der Waals surface area contributed by atoms with Crippen molar-refractivity contribution in [3.05, 3.63) is 0 Å². The van der Waals surface area contributed by atoms with E-state index in [0.29, 0.717) is 0 Å². The first-order chi connectivity index (χ1) is 6.05. The molecule has 2 saturated heterocycles. The maximum absolute atomic E-state index is 5.60. The quantitative estimate of drug-likeness (QED) is 0.562. The number of ether oxygens (including phenoxy) is 2. The molecule has 0 aromatic carbocycles. The predicted octanol–water partition coefficient (Wildman–Crippen LogP) is 0.687. The van der Waals surface area contributed by atoms with Crippen LogP contribution in [0, 0.1) is 5.41 Å². The monoisotopic (exact) mass is 184 g/mol. The lowest BCUT2D eigenvalue weighted by Gasteiger charge is -2.52. The third-order valence-electron chi connectivity index (χ3n) is 2.69. The SMILES string of the molecule is C=NN1CC2(COC(C)(C)OC2)C1.